The Bertz CT molecular complexity index is 333. The van der Waals surface area contributed by atoms with E-state index in [1.165, 1.54) is 12.0 Å². The molecule has 0 saturated heterocycles. The molecule has 0 aliphatic heterocycles. The molecule has 1 aliphatic carbocycles. The van der Waals surface area contributed by atoms with Gasteiger partial charge in [0.1, 0.15) is 5.75 Å². The van der Waals surface area contributed by atoms with Crippen LogP contribution in [0.25, 0.3) is 0 Å². The molecule has 3 unspecified atom stereocenters. The second-order valence-electron chi connectivity index (χ2n) is 4.69. The molecular formula is C14H21NO. The lowest BCUT2D eigenvalue weighted by molar-refractivity contribution is 0.413. The van der Waals surface area contributed by atoms with Gasteiger partial charge in [0, 0.05) is 6.04 Å². The van der Waals surface area contributed by atoms with Crippen molar-refractivity contribution in [3.63, 3.8) is 0 Å². The molecule has 0 radical (unpaired) electrons. The van der Waals surface area contributed by atoms with Gasteiger partial charge in [-0.1, -0.05) is 26.0 Å². The zero-order valence-electron chi connectivity index (χ0n) is 10.4. The minimum Gasteiger partial charge on any atom is -0.497 e. The van der Waals surface area contributed by atoms with E-state index in [1.807, 2.05) is 12.1 Å². The smallest absolute Gasteiger partial charge is 0.118 e. The summed E-state index contributed by atoms with van der Waals surface area (Å²) in [5, 5.41) is 3.59. The molecule has 2 heteroatoms. The van der Waals surface area contributed by atoms with Gasteiger partial charge in [-0.3, -0.25) is 0 Å². The molecule has 1 aliphatic rings. The Morgan fingerprint density at radius 2 is 2.00 bits per heavy atom. The summed E-state index contributed by atoms with van der Waals surface area (Å²) in [6, 6.07) is 8.97. The van der Waals surface area contributed by atoms with Gasteiger partial charge in [0.05, 0.1) is 7.11 Å². The summed E-state index contributed by atoms with van der Waals surface area (Å²) in [5.74, 6) is 2.61. The lowest BCUT2D eigenvalue weighted by Gasteiger charge is -2.18. The van der Waals surface area contributed by atoms with Crippen LogP contribution in [0, 0.1) is 11.8 Å². The molecule has 0 heterocycles. The summed E-state index contributed by atoms with van der Waals surface area (Å²) in [4.78, 5) is 0. The molecule has 16 heavy (non-hydrogen) atoms. The van der Waals surface area contributed by atoms with Crippen LogP contribution in [0.4, 0.5) is 0 Å². The molecular weight excluding hydrogens is 198 g/mol. The molecule has 1 N–H and O–H groups in total. The van der Waals surface area contributed by atoms with Crippen LogP contribution in [0.1, 0.15) is 31.9 Å². The maximum atomic E-state index is 5.19. The quantitative estimate of drug-likeness (QED) is 0.822. The van der Waals surface area contributed by atoms with Gasteiger partial charge in [-0.25, -0.2) is 0 Å². The molecule has 0 aromatic heterocycles. The Hall–Kier alpha value is -1.02. The largest absolute Gasteiger partial charge is 0.497 e. The van der Waals surface area contributed by atoms with Crippen molar-refractivity contribution in [2.75, 3.05) is 13.7 Å². The fraction of sp³-hybridized carbons (Fsp3) is 0.571. The maximum absolute atomic E-state index is 5.19. The third-order valence-electron chi connectivity index (χ3n) is 3.50. The van der Waals surface area contributed by atoms with E-state index in [4.69, 9.17) is 4.74 Å². The van der Waals surface area contributed by atoms with Crippen molar-refractivity contribution in [3.05, 3.63) is 29.8 Å². The lowest BCUT2D eigenvalue weighted by atomic mass is 10.0. The highest BCUT2D eigenvalue weighted by molar-refractivity contribution is 5.30. The highest BCUT2D eigenvalue weighted by Crippen LogP contribution is 2.46. The summed E-state index contributed by atoms with van der Waals surface area (Å²) in [7, 11) is 1.71. The van der Waals surface area contributed by atoms with Crippen LogP contribution in [0.3, 0.4) is 0 Å². The van der Waals surface area contributed by atoms with Crippen molar-refractivity contribution < 1.29 is 4.74 Å². The van der Waals surface area contributed by atoms with E-state index in [0.717, 1.165) is 24.1 Å². The van der Waals surface area contributed by atoms with Gasteiger partial charge >= 0.3 is 0 Å². The highest BCUT2D eigenvalue weighted by Gasteiger charge is 2.39. The zero-order valence-corrected chi connectivity index (χ0v) is 10.4. The molecule has 88 valence electrons. The minimum atomic E-state index is 0.519. The van der Waals surface area contributed by atoms with E-state index < -0.39 is 0 Å². The zero-order chi connectivity index (χ0) is 11.5. The number of benzene rings is 1. The molecule has 0 bridgehead atoms. The molecule has 3 atom stereocenters. The van der Waals surface area contributed by atoms with Gasteiger partial charge in [0.25, 0.3) is 0 Å². The van der Waals surface area contributed by atoms with E-state index in [0.29, 0.717) is 6.04 Å². The van der Waals surface area contributed by atoms with Crippen molar-refractivity contribution in [1.82, 2.24) is 5.32 Å². The van der Waals surface area contributed by atoms with Crippen molar-refractivity contribution >= 4 is 0 Å². The summed E-state index contributed by atoms with van der Waals surface area (Å²) in [6.07, 6.45) is 1.35. The fourth-order valence-electron chi connectivity index (χ4n) is 2.36. The van der Waals surface area contributed by atoms with Crippen LogP contribution in [0.2, 0.25) is 0 Å². The minimum absolute atomic E-state index is 0.519. The molecule has 1 aromatic rings. The van der Waals surface area contributed by atoms with Crippen LogP contribution in [0.5, 0.6) is 5.75 Å². The summed E-state index contributed by atoms with van der Waals surface area (Å²) < 4.78 is 5.19. The third-order valence-corrected chi connectivity index (χ3v) is 3.50. The van der Waals surface area contributed by atoms with Gasteiger partial charge in [-0.05, 0) is 42.5 Å². The van der Waals surface area contributed by atoms with E-state index >= 15 is 0 Å². The Labute approximate surface area is 98.0 Å². The molecule has 1 saturated carbocycles. The topological polar surface area (TPSA) is 21.3 Å². The van der Waals surface area contributed by atoms with Crippen molar-refractivity contribution in [2.45, 2.75) is 26.3 Å². The molecule has 1 aromatic carbocycles. The SMILES string of the molecule is CCNC(c1ccc(OC)cc1)C1CC1C. The first-order valence-electron chi connectivity index (χ1n) is 6.13. The molecule has 2 nitrogen and oxygen atoms in total. The normalized spacial score (nSPS) is 25.2. The van der Waals surface area contributed by atoms with Gasteiger partial charge in [0.15, 0.2) is 0 Å². The maximum Gasteiger partial charge on any atom is 0.118 e. The van der Waals surface area contributed by atoms with Gasteiger partial charge < -0.3 is 10.1 Å². The van der Waals surface area contributed by atoms with Crippen LogP contribution in [-0.4, -0.2) is 13.7 Å². The fourth-order valence-corrected chi connectivity index (χ4v) is 2.36. The summed E-state index contributed by atoms with van der Waals surface area (Å²) >= 11 is 0. The van der Waals surface area contributed by atoms with E-state index in [2.05, 4.69) is 31.3 Å². The first kappa shape index (κ1) is 11.5. The number of methoxy groups -OCH3 is 1. The van der Waals surface area contributed by atoms with Gasteiger partial charge in [-0.15, -0.1) is 0 Å². The number of nitrogens with one attached hydrogen (secondary N) is 1. The van der Waals surface area contributed by atoms with E-state index in [-0.39, 0.29) is 0 Å². The second kappa shape index (κ2) is 4.88. The number of rotatable bonds is 5. The van der Waals surface area contributed by atoms with Crippen LogP contribution in [-0.2, 0) is 0 Å². The number of hydrogen-bond acceptors (Lipinski definition) is 2. The number of hydrogen-bond donors (Lipinski definition) is 1. The van der Waals surface area contributed by atoms with Gasteiger partial charge in [-0.2, -0.15) is 0 Å². The Kier molecular flexibility index (Phi) is 3.49. The van der Waals surface area contributed by atoms with Gasteiger partial charge in [0.2, 0.25) is 0 Å². The average Bonchev–Trinajstić information content (AvgIpc) is 3.03. The highest BCUT2D eigenvalue weighted by atomic mass is 16.5. The number of ether oxygens (including phenoxy) is 1. The second-order valence-corrected chi connectivity index (χ2v) is 4.69. The van der Waals surface area contributed by atoms with Crippen molar-refractivity contribution in [1.29, 1.82) is 0 Å². The Morgan fingerprint density at radius 3 is 2.44 bits per heavy atom. The van der Waals surface area contributed by atoms with Crippen LogP contribution < -0.4 is 10.1 Å². The monoisotopic (exact) mass is 219 g/mol. The van der Waals surface area contributed by atoms with Crippen LogP contribution >= 0.6 is 0 Å². The van der Waals surface area contributed by atoms with Crippen LogP contribution in [0.15, 0.2) is 24.3 Å². The molecule has 2 rings (SSSR count). The predicted molar refractivity (Wildman–Crippen MR) is 66.7 cm³/mol. The first-order valence-corrected chi connectivity index (χ1v) is 6.13. The molecule has 0 amide bonds. The lowest BCUT2D eigenvalue weighted by Crippen LogP contribution is -2.23. The van der Waals surface area contributed by atoms with E-state index in [1.54, 1.807) is 7.11 Å². The molecule has 1 fully saturated rings. The summed E-state index contributed by atoms with van der Waals surface area (Å²) in [6.45, 7) is 5.53. The third kappa shape index (κ3) is 2.38. The molecule has 0 spiro atoms. The van der Waals surface area contributed by atoms with Crippen molar-refractivity contribution in [2.24, 2.45) is 11.8 Å². The first-order chi connectivity index (χ1) is 7.76. The average molecular weight is 219 g/mol. The van der Waals surface area contributed by atoms with E-state index in [9.17, 15) is 0 Å². The van der Waals surface area contributed by atoms with Crippen molar-refractivity contribution in [3.8, 4) is 5.75 Å². The Morgan fingerprint density at radius 1 is 1.38 bits per heavy atom. The predicted octanol–water partition coefficient (Wildman–Crippen LogP) is 3.00. The summed E-state index contributed by atoms with van der Waals surface area (Å²) in [5.41, 5.74) is 1.39. The standard InChI is InChI=1S/C14H21NO/c1-4-15-14(13-9-10(13)2)11-5-7-12(16-3)8-6-11/h5-8,10,13-15H,4,9H2,1-3H3. The Balaban J connectivity index is 2.11.